The molecule has 4 rings (SSSR count). The van der Waals surface area contributed by atoms with Crippen molar-refractivity contribution in [1.29, 1.82) is 0 Å². The van der Waals surface area contributed by atoms with E-state index in [0.29, 0.717) is 58.0 Å². The fraction of sp³-hybridized carbons (Fsp3) is 0.381. The molecule has 2 aliphatic heterocycles. The summed E-state index contributed by atoms with van der Waals surface area (Å²) in [6.45, 7) is 5.05. The van der Waals surface area contributed by atoms with Crippen molar-refractivity contribution in [3.63, 3.8) is 0 Å². The van der Waals surface area contributed by atoms with Crippen molar-refractivity contribution >= 4 is 23.0 Å². The second-order valence-electron chi connectivity index (χ2n) is 7.15. The number of anilines is 2. The summed E-state index contributed by atoms with van der Waals surface area (Å²) in [5, 5.41) is 3.00. The Labute approximate surface area is 168 Å². The Hall–Kier alpha value is -3.00. The third-order valence-electron chi connectivity index (χ3n) is 5.43. The molecule has 29 heavy (non-hydrogen) atoms. The van der Waals surface area contributed by atoms with Gasteiger partial charge in [-0.25, -0.2) is 4.39 Å². The van der Waals surface area contributed by atoms with E-state index in [1.165, 1.54) is 12.1 Å². The van der Waals surface area contributed by atoms with Gasteiger partial charge >= 0.3 is 0 Å². The smallest absolute Gasteiger partial charge is 0.256 e. The van der Waals surface area contributed by atoms with Gasteiger partial charge in [-0.1, -0.05) is 0 Å². The fourth-order valence-electron chi connectivity index (χ4n) is 3.82. The molecule has 0 N–H and O–H groups in total. The van der Waals surface area contributed by atoms with E-state index in [4.69, 9.17) is 4.74 Å². The average Bonchev–Trinajstić information content (AvgIpc) is 2.79. The number of hydrogen-bond donors (Lipinski definition) is 0. The minimum Gasteiger partial charge on any atom is -0.378 e. The molecule has 0 aliphatic carbocycles. The minimum atomic E-state index is -0.262. The van der Waals surface area contributed by atoms with E-state index in [2.05, 4.69) is 15.0 Å². The number of carbonyl (C=O) groups is 1. The molecule has 8 heteroatoms. The summed E-state index contributed by atoms with van der Waals surface area (Å²) in [5.74, 6) is -0.363. The Bertz CT molecular complexity index is 876. The van der Waals surface area contributed by atoms with Crippen molar-refractivity contribution in [2.45, 2.75) is 0 Å². The monoisotopic (exact) mass is 398 g/mol. The van der Waals surface area contributed by atoms with Crippen LogP contribution in [0.5, 0.6) is 0 Å². The largest absolute Gasteiger partial charge is 0.378 e. The van der Waals surface area contributed by atoms with Gasteiger partial charge in [0.25, 0.3) is 5.91 Å². The topological polar surface area (TPSA) is 65.5 Å². The van der Waals surface area contributed by atoms with Gasteiger partial charge in [-0.2, -0.15) is 0 Å². The third-order valence-corrected chi connectivity index (χ3v) is 5.43. The van der Waals surface area contributed by atoms with E-state index < -0.39 is 0 Å². The molecule has 2 aromatic carbocycles. The molecule has 0 atom stereocenters. The highest BCUT2D eigenvalue weighted by Crippen LogP contribution is 2.28. The average molecular weight is 398 g/mol. The number of benzene rings is 2. The Morgan fingerprint density at radius 3 is 2.24 bits per heavy atom. The maximum Gasteiger partial charge on any atom is 0.256 e. The van der Waals surface area contributed by atoms with Gasteiger partial charge in [0, 0.05) is 50.6 Å². The number of halogens is 1. The van der Waals surface area contributed by atoms with Crippen LogP contribution >= 0.6 is 0 Å². The van der Waals surface area contributed by atoms with Crippen LogP contribution in [0.25, 0.3) is 0 Å². The highest BCUT2D eigenvalue weighted by Gasteiger charge is 2.26. The zero-order valence-electron chi connectivity index (χ0n) is 16.1. The van der Waals surface area contributed by atoms with Crippen LogP contribution in [0.3, 0.4) is 0 Å². The zero-order chi connectivity index (χ0) is 20.2. The van der Waals surface area contributed by atoms with E-state index in [9.17, 15) is 14.1 Å². The SMILES string of the molecule is O=Nc1ccc(N2CCOCC2)c(C(=O)N2CCN(c3ccc(F)cc3)CC2)c1. The van der Waals surface area contributed by atoms with Gasteiger partial charge in [0.15, 0.2) is 0 Å². The molecular formula is C21H23FN4O3. The molecule has 0 saturated carbocycles. The number of ether oxygens (including phenoxy) is 1. The molecule has 1 amide bonds. The molecule has 0 unspecified atom stereocenters. The van der Waals surface area contributed by atoms with Crippen LogP contribution in [0, 0.1) is 10.7 Å². The first-order chi connectivity index (χ1) is 14.2. The van der Waals surface area contributed by atoms with Gasteiger partial charge in [0.1, 0.15) is 11.5 Å². The number of piperazine rings is 1. The van der Waals surface area contributed by atoms with Gasteiger partial charge in [-0.05, 0) is 47.6 Å². The highest BCUT2D eigenvalue weighted by molar-refractivity contribution is 6.01. The van der Waals surface area contributed by atoms with Crippen molar-refractivity contribution < 1.29 is 13.9 Å². The lowest BCUT2D eigenvalue weighted by molar-refractivity contribution is 0.0746. The summed E-state index contributed by atoms with van der Waals surface area (Å²) < 4.78 is 18.6. The molecule has 152 valence electrons. The lowest BCUT2D eigenvalue weighted by Gasteiger charge is -2.37. The number of carbonyl (C=O) groups excluding carboxylic acids is 1. The van der Waals surface area contributed by atoms with Gasteiger partial charge in [-0.15, -0.1) is 4.91 Å². The predicted molar refractivity (Wildman–Crippen MR) is 109 cm³/mol. The summed E-state index contributed by atoms with van der Waals surface area (Å²) >= 11 is 0. The minimum absolute atomic E-state index is 0.101. The van der Waals surface area contributed by atoms with Gasteiger partial charge in [0.05, 0.1) is 18.8 Å². The quantitative estimate of drug-likeness (QED) is 0.741. The van der Waals surface area contributed by atoms with Crippen LogP contribution in [0.4, 0.5) is 21.5 Å². The van der Waals surface area contributed by atoms with Crippen LogP contribution in [0.1, 0.15) is 10.4 Å². The molecule has 7 nitrogen and oxygen atoms in total. The molecule has 0 spiro atoms. The third kappa shape index (κ3) is 4.22. The second-order valence-corrected chi connectivity index (χ2v) is 7.15. The van der Waals surface area contributed by atoms with Gasteiger partial charge in [-0.3, -0.25) is 4.79 Å². The lowest BCUT2D eigenvalue weighted by atomic mass is 10.1. The maximum atomic E-state index is 13.3. The normalized spacial score (nSPS) is 17.3. The first-order valence-corrected chi connectivity index (χ1v) is 9.75. The van der Waals surface area contributed by atoms with Crippen molar-refractivity contribution in [1.82, 2.24) is 4.90 Å². The van der Waals surface area contributed by atoms with Crippen LogP contribution in [0.15, 0.2) is 47.6 Å². The second kappa shape index (κ2) is 8.57. The van der Waals surface area contributed by atoms with E-state index in [-0.39, 0.29) is 17.4 Å². The number of amides is 1. The summed E-state index contributed by atoms with van der Waals surface area (Å²) in [6, 6.07) is 11.4. The van der Waals surface area contributed by atoms with Gasteiger partial charge < -0.3 is 19.4 Å². The molecule has 2 saturated heterocycles. The summed E-state index contributed by atoms with van der Waals surface area (Å²) in [4.78, 5) is 30.3. The summed E-state index contributed by atoms with van der Waals surface area (Å²) in [6.07, 6.45) is 0. The van der Waals surface area contributed by atoms with Gasteiger partial charge in [0.2, 0.25) is 0 Å². The highest BCUT2D eigenvalue weighted by atomic mass is 19.1. The molecule has 2 heterocycles. The zero-order valence-corrected chi connectivity index (χ0v) is 16.1. The van der Waals surface area contributed by atoms with Crippen molar-refractivity contribution in [2.75, 3.05) is 62.3 Å². The number of rotatable bonds is 4. The van der Waals surface area contributed by atoms with Crippen LogP contribution in [0.2, 0.25) is 0 Å². The Morgan fingerprint density at radius 2 is 1.59 bits per heavy atom. The van der Waals surface area contributed by atoms with Crippen molar-refractivity contribution in [3.8, 4) is 0 Å². The molecular weight excluding hydrogens is 375 g/mol. The number of nitrogens with zero attached hydrogens (tertiary/aromatic N) is 4. The molecule has 2 fully saturated rings. The first-order valence-electron chi connectivity index (χ1n) is 9.75. The first kappa shape index (κ1) is 19.3. The summed E-state index contributed by atoms with van der Waals surface area (Å²) in [5.41, 5.74) is 2.50. The number of morpholine rings is 1. The number of nitroso groups, excluding NO2 is 1. The van der Waals surface area contributed by atoms with E-state index >= 15 is 0 Å². The van der Waals surface area contributed by atoms with Crippen LogP contribution in [-0.4, -0.2) is 63.3 Å². The van der Waals surface area contributed by atoms with Crippen LogP contribution in [-0.2, 0) is 4.74 Å². The Morgan fingerprint density at radius 1 is 0.897 bits per heavy atom. The maximum absolute atomic E-state index is 13.3. The fourth-order valence-corrected chi connectivity index (χ4v) is 3.82. The van der Waals surface area contributed by atoms with Crippen LogP contribution < -0.4 is 9.80 Å². The molecule has 0 radical (unpaired) electrons. The molecule has 2 aliphatic rings. The summed E-state index contributed by atoms with van der Waals surface area (Å²) in [7, 11) is 0. The Kier molecular flexibility index (Phi) is 5.71. The molecule has 0 aromatic heterocycles. The predicted octanol–water partition coefficient (Wildman–Crippen LogP) is 3.02. The Balaban J connectivity index is 1.50. The molecule has 0 bridgehead atoms. The van der Waals surface area contributed by atoms with Crippen molar-refractivity contribution in [2.24, 2.45) is 5.18 Å². The lowest BCUT2D eigenvalue weighted by Crippen LogP contribution is -2.49. The molecule has 2 aromatic rings. The van der Waals surface area contributed by atoms with Crippen molar-refractivity contribution in [3.05, 3.63) is 58.8 Å². The van der Waals surface area contributed by atoms with E-state index in [1.807, 2.05) is 0 Å². The van der Waals surface area contributed by atoms with E-state index in [0.717, 1.165) is 11.4 Å². The standard InChI is InChI=1S/C21H23FN4O3/c22-16-1-4-18(5-2-16)24-7-9-26(10-8-24)21(27)19-15-17(23-28)3-6-20(19)25-11-13-29-14-12-25/h1-6,15H,7-14H2. The number of hydrogen-bond acceptors (Lipinski definition) is 6. The van der Waals surface area contributed by atoms with E-state index in [1.54, 1.807) is 35.2 Å².